The van der Waals surface area contributed by atoms with Gasteiger partial charge in [0.1, 0.15) is 11.5 Å². The van der Waals surface area contributed by atoms with Gasteiger partial charge in [-0.25, -0.2) is 9.97 Å². The van der Waals surface area contributed by atoms with Crippen LogP contribution in [0.15, 0.2) is 55.0 Å². The van der Waals surface area contributed by atoms with Gasteiger partial charge in [-0.3, -0.25) is 9.78 Å². The summed E-state index contributed by atoms with van der Waals surface area (Å²) >= 11 is 0. The van der Waals surface area contributed by atoms with E-state index in [0.29, 0.717) is 11.5 Å². The summed E-state index contributed by atoms with van der Waals surface area (Å²) in [6.07, 6.45) is 4.78. The first-order valence-electron chi connectivity index (χ1n) is 7.29. The molecule has 0 fully saturated rings. The van der Waals surface area contributed by atoms with Crippen molar-refractivity contribution in [2.45, 2.75) is 6.92 Å². The van der Waals surface area contributed by atoms with Crippen molar-refractivity contribution in [1.82, 2.24) is 15.0 Å². The molecular formula is C17H16N6O. The Morgan fingerprint density at radius 3 is 2.46 bits per heavy atom. The van der Waals surface area contributed by atoms with E-state index in [1.807, 2.05) is 25.1 Å². The van der Waals surface area contributed by atoms with Gasteiger partial charge in [0.15, 0.2) is 0 Å². The maximum absolute atomic E-state index is 12.2. The molecule has 3 rings (SSSR count). The topological polar surface area (TPSA) is 106 Å². The third kappa shape index (κ3) is 3.83. The molecule has 1 amide bonds. The number of carbonyl (C=O) groups excluding carboxylic acids is 1. The van der Waals surface area contributed by atoms with E-state index in [2.05, 4.69) is 25.6 Å². The molecule has 0 aliphatic carbocycles. The summed E-state index contributed by atoms with van der Waals surface area (Å²) in [5.41, 5.74) is 8.96. The molecule has 0 aliphatic rings. The van der Waals surface area contributed by atoms with Gasteiger partial charge in [-0.15, -0.1) is 0 Å². The van der Waals surface area contributed by atoms with Crippen LogP contribution in [0.1, 0.15) is 16.2 Å². The quantitative estimate of drug-likeness (QED) is 0.682. The van der Waals surface area contributed by atoms with E-state index in [1.54, 1.807) is 30.6 Å². The maximum Gasteiger partial charge on any atom is 0.275 e. The van der Waals surface area contributed by atoms with Crippen molar-refractivity contribution in [1.29, 1.82) is 0 Å². The van der Waals surface area contributed by atoms with Crippen LogP contribution in [0.4, 0.5) is 22.9 Å². The first-order valence-corrected chi connectivity index (χ1v) is 7.29. The summed E-state index contributed by atoms with van der Waals surface area (Å²) in [5.74, 6) is 0.0776. The smallest absolute Gasteiger partial charge is 0.275 e. The average Bonchev–Trinajstić information content (AvgIpc) is 2.56. The molecule has 0 aromatic carbocycles. The van der Waals surface area contributed by atoms with Gasteiger partial charge in [-0.2, -0.15) is 0 Å². The van der Waals surface area contributed by atoms with Crippen LogP contribution in [0, 0.1) is 6.92 Å². The SMILES string of the molecule is Cc1cc(Nc2ccnc(NC(=O)c3ccc(N)cn3)c2)ccn1. The zero-order valence-corrected chi connectivity index (χ0v) is 13.0. The second kappa shape index (κ2) is 6.74. The molecule has 0 saturated heterocycles. The molecule has 0 bridgehead atoms. The molecule has 120 valence electrons. The Bertz CT molecular complexity index is 863. The number of amides is 1. The number of nitrogen functional groups attached to an aromatic ring is 1. The number of aromatic nitrogens is 3. The van der Waals surface area contributed by atoms with E-state index in [4.69, 9.17) is 5.73 Å². The number of carbonyl (C=O) groups is 1. The zero-order valence-electron chi connectivity index (χ0n) is 13.0. The van der Waals surface area contributed by atoms with Crippen molar-refractivity contribution >= 4 is 28.8 Å². The largest absolute Gasteiger partial charge is 0.397 e. The summed E-state index contributed by atoms with van der Waals surface area (Å²) in [6.45, 7) is 1.92. The second-order valence-electron chi connectivity index (χ2n) is 5.17. The molecule has 3 aromatic rings. The zero-order chi connectivity index (χ0) is 16.9. The van der Waals surface area contributed by atoms with Crippen LogP contribution in [0.25, 0.3) is 0 Å². The lowest BCUT2D eigenvalue weighted by atomic mass is 10.3. The van der Waals surface area contributed by atoms with Crippen molar-refractivity contribution in [3.05, 3.63) is 66.4 Å². The lowest BCUT2D eigenvalue weighted by Crippen LogP contribution is -2.14. The highest BCUT2D eigenvalue weighted by atomic mass is 16.1. The van der Waals surface area contributed by atoms with Gasteiger partial charge in [-0.1, -0.05) is 0 Å². The molecule has 7 heteroatoms. The molecule has 0 radical (unpaired) electrons. The van der Waals surface area contributed by atoms with Gasteiger partial charge in [0.25, 0.3) is 5.91 Å². The molecule has 0 unspecified atom stereocenters. The first-order chi connectivity index (χ1) is 11.6. The van der Waals surface area contributed by atoms with Crippen molar-refractivity contribution < 1.29 is 4.79 Å². The van der Waals surface area contributed by atoms with Crippen molar-refractivity contribution in [3.8, 4) is 0 Å². The standard InChI is InChI=1S/C17H16N6O/c1-11-8-13(4-6-19-11)22-14-5-7-20-16(9-14)23-17(24)15-3-2-12(18)10-21-15/h2-10H,18H2,1H3,(H2,19,20,22,23,24). The number of hydrogen-bond donors (Lipinski definition) is 3. The molecule has 3 heterocycles. The fourth-order valence-electron chi connectivity index (χ4n) is 2.09. The van der Waals surface area contributed by atoms with Gasteiger partial charge in [0.2, 0.25) is 0 Å². The lowest BCUT2D eigenvalue weighted by Gasteiger charge is -2.09. The predicted molar refractivity (Wildman–Crippen MR) is 93.1 cm³/mol. The Morgan fingerprint density at radius 2 is 1.75 bits per heavy atom. The average molecular weight is 320 g/mol. The van der Waals surface area contributed by atoms with Gasteiger partial charge in [0.05, 0.1) is 11.9 Å². The van der Waals surface area contributed by atoms with E-state index in [1.165, 1.54) is 6.20 Å². The van der Waals surface area contributed by atoms with Crippen LogP contribution in [0.2, 0.25) is 0 Å². The molecule has 24 heavy (non-hydrogen) atoms. The normalized spacial score (nSPS) is 10.2. The van der Waals surface area contributed by atoms with Gasteiger partial charge in [0, 0.05) is 35.5 Å². The summed E-state index contributed by atoms with van der Waals surface area (Å²) < 4.78 is 0. The number of pyridine rings is 3. The molecular weight excluding hydrogens is 304 g/mol. The molecule has 4 N–H and O–H groups in total. The van der Waals surface area contributed by atoms with Crippen LogP contribution in [-0.4, -0.2) is 20.9 Å². The van der Waals surface area contributed by atoms with E-state index in [9.17, 15) is 4.79 Å². The highest BCUT2D eigenvalue weighted by molar-refractivity contribution is 6.02. The maximum atomic E-state index is 12.2. The van der Waals surface area contributed by atoms with E-state index in [-0.39, 0.29) is 11.6 Å². The Morgan fingerprint density at radius 1 is 1.00 bits per heavy atom. The van der Waals surface area contributed by atoms with Gasteiger partial charge >= 0.3 is 0 Å². The van der Waals surface area contributed by atoms with E-state index < -0.39 is 0 Å². The molecule has 0 atom stereocenters. The molecule has 7 nitrogen and oxygen atoms in total. The third-order valence-electron chi connectivity index (χ3n) is 3.21. The first kappa shape index (κ1) is 15.4. The van der Waals surface area contributed by atoms with Crippen molar-refractivity contribution in [2.75, 3.05) is 16.4 Å². The summed E-state index contributed by atoms with van der Waals surface area (Å²) in [4.78, 5) is 24.4. The Balaban J connectivity index is 1.73. The highest BCUT2D eigenvalue weighted by Gasteiger charge is 2.08. The van der Waals surface area contributed by atoms with Gasteiger partial charge < -0.3 is 16.4 Å². The Labute approximate surface area is 139 Å². The number of nitrogens with one attached hydrogen (secondary N) is 2. The second-order valence-corrected chi connectivity index (χ2v) is 5.17. The summed E-state index contributed by atoms with van der Waals surface area (Å²) in [6, 6.07) is 10.5. The molecule has 0 saturated carbocycles. The lowest BCUT2D eigenvalue weighted by molar-refractivity contribution is 0.102. The number of nitrogens with zero attached hydrogens (tertiary/aromatic N) is 3. The van der Waals surface area contributed by atoms with Crippen LogP contribution in [0.5, 0.6) is 0 Å². The van der Waals surface area contributed by atoms with Gasteiger partial charge in [-0.05, 0) is 37.3 Å². The number of nitrogens with two attached hydrogens (primary N) is 1. The van der Waals surface area contributed by atoms with Crippen LogP contribution in [0.3, 0.4) is 0 Å². The fraction of sp³-hybridized carbons (Fsp3) is 0.0588. The minimum atomic E-state index is -0.348. The molecule has 0 aliphatic heterocycles. The number of aryl methyl sites for hydroxylation is 1. The van der Waals surface area contributed by atoms with Crippen LogP contribution >= 0.6 is 0 Å². The van der Waals surface area contributed by atoms with Crippen LogP contribution < -0.4 is 16.4 Å². The van der Waals surface area contributed by atoms with E-state index >= 15 is 0 Å². The monoisotopic (exact) mass is 320 g/mol. The Hall–Kier alpha value is -3.48. The Kier molecular flexibility index (Phi) is 4.33. The van der Waals surface area contributed by atoms with Crippen molar-refractivity contribution in [3.63, 3.8) is 0 Å². The number of hydrogen-bond acceptors (Lipinski definition) is 6. The third-order valence-corrected chi connectivity index (χ3v) is 3.21. The number of rotatable bonds is 4. The molecule has 3 aromatic heterocycles. The van der Waals surface area contributed by atoms with Crippen LogP contribution in [-0.2, 0) is 0 Å². The van der Waals surface area contributed by atoms with Crippen molar-refractivity contribution in [2.24, 2.45) is 0 Å². The minimum Gasteiger partial charge on any atom is -0.397 e. The fourth-order valence-corrected chi connectivity index (χ4v) is 2.09. The number of anilines is 4. The highest BCUT2D eigenvalue weighted by Crippen LogP contribution is 2.19. The molecule has 0 spiro atoms. The summed E-state index contributed by atoms with van der Waals surface area (Å²) in [5, 5.41) is 5.95. The predicted octanol–water partition coefficient (Wildman–Crippen LogP) is 2.76. The minimum absolute atomic E-state index is 0.272. The summed E-state index contributed by atoms with van der Waals surface area (Å²) in [7, 11) is 0. The van der Waals surface area contributed by atoms with E-state index in [0.717, 1.165) is 17.1 Å².